The second kappa shape index (κ2) is 4.87. The molecule has 3 fully saturated rings. The molecule has 0 bridgehead atoms. The summed E-state index contributed by atoms with van der Waals surface area (Å²) in [5.41, 5.74) is 1.52. The van der Waals surface area contributed by atoms with E-state index in [0.29, 0.717) is 11.3 Å². The first kappa shape index (κ1) is 14.6. The summed E-state index contributed by atoms with van der Waals surface area (Å²) >= 11 is 0. The Hall–Kier alpha value is -0.300. The van der Waals surface area contributed by atoms with Gasteiger partial charge in [0.25, 0.3) is 0 Å². The molecule has 20 heavy (non-hydrogen) atoms. The van der Waals surface area contributed by atoms with Crippen molar-refractivity contribution in [2.24, 2.45) is 29.1 Å². The Labute approximate surface area is 124 Å². The van der Waals surface area contributed by atoms with Crippen molar-refractivity contribution in [3.8, 4) is 0 Å². The van der Waals surface area contributed by atoms with E-state index in [0.717, 1.165) is 24.2 Å². The van der Waals surface area contributed by atoms with Gasteiger partial charge in [-0.2, -0.15) is 0 Å². The molecule has 0 aromatic carbocycles. The monoisotopic (exact) mass is 276 g/mol. The summed E-state index contributed by atoms with van der Waals surface area (Å²) in [5.74, 6) is 3.00. The summed E-state index contributed by atoms with van der Waals surface area (Å²) in [6.07, 6.45) is 9.91. The molecule has 1 heteroatoms. The SMILES string of the molecule is C=C1CCC2C3CCC(C)(O)C(CCC)C3CCC12C. The zero-order valence-electron chi connectivity index (χ0n) is 13.6. The molecule has 3 saturated carbocycles. The number of allylic oxidation sites excluding steroid dienone is 1. The lowest BCUT2D eigenvalue weighted by molar-refractivity contribution is -0.119. The van der Waals surface area contributed by atoms with Crippen LogP contribution in [0, 0.1) is 29.1 Å². The van der Waals surface area contributed by atoms with Gasteiger partial charge in [-0.3, -0.25) is 0 Å². The Kier molecular flexibility index (Phi) is 3.56. The minimum absolute atomic E-state index is 0.416. The predicted molar refractivity (Wildman–Crippen MR) is 84.4 cm³/mol. The Morgan fingerprint density at radius 1 is 1.15 bits per heavy atom. The zero-order chi connectivity index (χ0) is 14.5. The second-order valence-corrected chi connectivity index (χ2v) is 8.32. The average molecular weight is 276 g/mol. The van der Waals surface area contributed by atoms with Crippen LogP contribution in [0.2, 0.25) is 0 Å². The molecule has 0 amide bonds. The van der Waals surface area contributed by atoms with Crippen molar-refractivity contribution in [2.75, 3.05) is 0 Å². The second-order valence-electron chi connectivity index (χ2n) is 8.32. The molecule has 0 aromatic heterocycles. The third-order valence-electron chi connectivity index (χ3n) is 7.35. The van der Waals surface area contributed by atoms with Crippen LogP contribution >= 0.6 is 0 Å². The van der Waals surface area contributed by atoms with E-state index in [4.69, 9.17) is 0 Å². The maximum Gasteiger partial charge on any atom is 0.0650 e. The molecule has 3 aliphatic rings. The van der Waals surface area contributed by atoms with Gasteiger partial charge in [0.2, 0.25) is 0 Å². The van der Waals surface area contributed by atoms with Gasteiger partial charge in [0.05, 0.1) is 5.60 Å². The van der Waals surface area contributed by atoms with Crippen molar-refractivity contribution < 1.29 is 5.11 Å². The molecule has 3 aliphatic carbocycles. The Morgan fingerprint density at radius 3 is 2.55 bits per heavy atom. The molecule has 0 aromatic rings. The van der Waals surface area contributed by atoms with Gasteiger partial charge in [-0.1, -0.05) is 32.4 Å². The van der Waals surface area contributed by atoms with Gasteiger partial charge in [-0.05, 0) is 81.0 Å². The Morgan fingerprint density at radius 2 is 1.85 bits per heavy atom. The molecule has 6 unspecified atom stereocenters. The summed E-state index contributed by atoms with van der Waals surface area (Å²) in [7, 11) is 0. The van der Waals surface area contributed by atoms with Gasteiger partial charge in [0.1, 0.15) is 0 Å². The van der Waals surface area contributed by atoms with Crippen molar-refractivity contribution >= 4 is 0 Å². The molecule has 0 aliphatic heterocycles. The van der Waals surface area contributed by atoms with Gasteiger partial charge in [0.15, 0.2) is 0 Å². The van der Waals surface area contributed by atoms with Crippen molar-refractivity contribution in [2.45, 2.75) is 77.7 Å². The molecule has 1 N–H and O–H groups in total. The lowest BCUT2D eigenvalue weighted by Gasteiger charge is -2.55. The molecule has 114 valence electrons. The molecular weight excluding hydrogens is 244 g/mol. The van der Waals surface area contributed by atoms with Crippen LogP contribution in [0.25, 0.3) is 0 Å². The number of rotatable bonds is 2. The molecular formula is C19H32O. The maximum atomic E-state index is 10.8. The molecule has 0 saturated heterocycles. The fraction of sp³-hybridized carbons (Fsp3) is 0.895. The molecule has 0 radical (unpaired) electrons. The van der Waals surface area contributed by atoms with Crippen LogP contribution in [-0.4, -0.2) is 10.7 Å². The van der Waals surface area contributed by atoms with E-state index in [2.05, 4.69) is 27.4 Å². The Bertz CT molecular complexity index is 397. The normalized spacial score (nSPS) is 51.7. The first-order valence-corrected chi connectivity index (χ1v) is 8.81. The topological polar surface area (TPSA) is 20.2 Å². The van der Waals surface area contributed by atoms with Crippen LogP contribution in [0.5, 0.6) is 0 Å². The fourth-order valence-corrected chi connectivity index (χ4v) is 6.08. The highest BCUT2D eigenvalue weighted by molar-refractivity contribution is 5.20. The number of hydrogen-bond donors (Lipinski definition) is 1. The van der Waals surface area contributed by atoms with Crippen molar-refractivity contribution in [3.63, 3.8) is 0 Å². The lowest BCUT2D eigenvalue weighted by Crippen LogP contribution is -2.52. The molecule has 1 nitrogen and oxygen atoms in total. The van der Waals surface area contributed by atoms with E-state index in [1.165, 1.54) is 50.5 Å². The lowest BCUT2D eigenvalue weighted by atomic mass is 9.51. The highest BCUT2D eigenvalue weighted by Gasteiger charge is 2.56. The van der Waals surface area contributed by atoms with Crippen LogP contribution in [0.1, 0.15) is 72.1 Å². The third kappa shape index (κ3) is 2.00. The highest BCUT2D eigenvalue weighted by Crippen LogP contribution is 2.63. The first-order chi connectivity index (χ1) is 9.40. The van der Waals surface area contributed by atoms with Gasteiger partial charge >= 0.3 is 0 Å². The summed E-state index contributed by atoms with van der Waals surface area (Å²) in [5, 5.41) is 10.8. The quantitative estimate of drug-likeness (QED) is 0.708. The number of hydrogen-bond acceptors (Lipinski definition) is 1. The van der Waals surface area contributed by atoms with Gasteiger partial charge in [0, 0.05) is 0 Å². The number of aliphatic hydroxyl groups is 1. The van der Waals surface area contributed by atoms with Crippen LogP contribution in [-0.2, 0) is 0 Å². The predicted octanol–water partition coefficient (Wildman–Crippen LogP) is 4.95. The zero-order valence-corrected chi connectivity index (χ0v) is 13.6. The Balaban J connectivity index is 1.87. The summed E-state index contributed by atoms with van der Waals surface area (Å²) < 4.78 is 0. The van der Waals surface area contributed by atoms with E-state index in [-0.39, 0.29) is 0 Å². The minimum Gasteiger partial charge on any atom is -0.390 e. The van der Waals surface area contributed by atoms with E-state index in [9.17, 15) is 5.11 Å². The average Bonchev–Trinajstić information content (AvgIpc) is 2.69. The van der Waals surface area contributed by atoms with Crippen molar-refractivity contribution in [3.05, 3.63) is 12.2 Å². The first-order valence-electron chi connectivity index (χ1n) is 8.81. The largest absolute Gasteiger partial charge is 0.390 e. The minimum atomic E-state index is -0.416. The van der Waals surface area contributed by atoms with Crippen LogP contribution in [0.4, 0.5) is 0 Å². The highest BCUT2D eigenvalue weighted by atomic mass is 16.3. The fourth-order valence-electron chi connectivity index (χ4n) is 6.08. The molecule has 0 spiro atoms. The summed E-state index contributed by atoms with van der Waals surface area (Å²) in [6, 6.07) is 0. The van der Waals surface area contributed by atoms with Gasteiger partial charge in [-0.15, -0.1) is 0 Å². The van der Waals surface area contributed by atoms with Crippen LogP contribution < -0.4 is 0 Å². The van der Waals surface area contributed by atoms with Crippen molar-refractivity contribution in [1.82, 2.24) is 0 Å². The van der Waals surface area contributed by atoms with Crippen molar-refractivity contribution in [1.29, 1.82) is 0 Å². The van der Waals surface area contributed by atoms with Gasteiger partial charge in [-0.25, -0.2) is 0 Å². The number of fused-ring (bicyclic) bond motifs is 3. The third-order valence-corrected chi connectivity index (χ3v) is 7.35. The van der Waals surface area contributed by atoms with Crippen LogP contribution in [0.3, 0.4) is 0 Å². The molecule has 3 rings (SSSR count). The maximum absolute atomic E-state index is 10.8. The molecule has 6 atom stereocenters. The smallest absolute Gasteiger partial charge is 0.0650 e. The van der Waals surface area contributed by atoms with E-state index in [1.807, 2.05) is 0 Å². The standard InChI is InChI=1S/C19H32O/c1-5-6-17-15-9-11-18(3)13(2)7-8-16(18)14(15)10-12-19(17,4)20/h14-17,20H,2,5-12H2,1,3-4H3. The van der Waals surface area contributed by atoms with Gasteiger partial charge < -0.3 is 5.11 Å². The van der Waals surface area contributed by atoms with Crippen LogP contribution in [0.15, 0.2) is 12.2 Å². The van der Waals surface area contributed by atoms with E-state index < -0.39 is 5.60 Å². The van der Waals surface area contributed by atoms with E-state index >= 15 is 0 Å². The summed E-state index contributed by atoms with van der Waals surface area (Å²) in [4.78, 5) is 0. The van der Waals surface area contributed by atoms with E-state index in [1.54, 1.807) is 0 Å². The summed E-state index contributed by atoms with van der Waals surface area (Å²) in [6.45, 7) is 11.2. The molecule has 0 heterocycles.